The van der Waals surface area contributed by atoms with Crippen molar-refractivity contribution in [2.24, 2.45) is 0 Å². The van der Waals surface area contributed by atoms with Gasteiger partial charge in [-0.3, -0.25) is 14.7 Å². The minimum atomic E-state index is -2.66. The van der Waals surface area contributed by atoms with Gasteiger partial charge in [0, 0.05) is 54.0 Å². The van der Waals surface area contributed by atoms with Crippen LogP contribution in [0.1, 0.15) is 21.7 Å². The molecule has 0 spiro atoms. The summed E-state index contributed by atoms with van der Waals surface area (Å²) in [7, 11) is 0. The summed E-state index contributed by atoms with van der Waals surface area (Å²) in [5, 5.41) is 6.95. The summed E-state index contributed by atoms with van der Waals surface area (Å²) >= 11 is 6.33. The fraction of sp³-hybridized carbons (Fsp3) is 0.304. The Morgan fingerprint density at radius 2 is 1.97 bits per heavy atom. The monoisotopic (exact) mass is 457 g/mol. The molecule has 0 unspecified atom stereocenters. The summed E-state index contributed by atoms with van der Waals surface area (Å²) in [6, 6.07) is 9.28. The van der Waals surface area contributed by atoms with Crippen molar-refractivity contribution >= 4 is 28.9 Å². The van der Waals surface area contributed by atoms with Gasteiger partial charge < -0.3 is 15.2 Å². The van der Waals surface area contributed by atoms with Gasteiger partial charge in [0.1, 0.15) is 5.69 Å². The van der Waals surface area contributed by atoms with E-state index in [1.54, 1.807) is 17.3 Å². The number of pyridine rings is 1. The van der Waals surface area contributed by atoms with Crippen LogP contribution >= 0.6 is 11.6 Å². The number of nitrogens with zero attached hydrogens (tertiary/aromatic N) is 3. The van der Waals surface area contributed by atoms with Crippen molar-refractivity contribution in [3.05, 3.63) is 64.7 Å². The van der Waals surface area contributed by atoms with E-state index in [1.807, 2.05) is 41.8 Å². The molecule has 4 heterocycles. The quantitative estimate of drug-likeness (QED) is 0.594. The van der Waals surface area contributed by atoms with E-state index in [0.29, 0.717) is 36.0 Å². The number of likely N-dealkylation sites (tertiary alicyclic amines) is 1. The highest BCUT2D eigenvalue weighted by molar-refractivity contribution is 6.31. The highest BCUT2D eigenvalue weighted by Gasteiger charge is 2.44. The van der Waals surface area contributed by atoms with E-state index in [9.17, 15) is 13.6 Å². The number of benzene rings is 1. The first-order valence-electron chi connectivity index (χ1n) is 10.4. The molecule has 0 atom stereocenters. The van der Waals surface area contributed by atoms with Gasteiger partial charge in [-0.1, -0.05) is 17.7 Å². The topological polar surface area (TPSA) is 62.2 Å². The third kappa shape index (κ3) is 3.63. The summed E-state index contributed by atoms with van der Waals surface area (Å²) in [6.07, 6.45) is 3.37. The van der Waals surface area contributed by atoms with Crippen LogP contribution in [-0.4, -0.2) is 45.9 Å². The van der Waals surface area contributed by atoms with Gasteiger partial charge in [-0.15, -0.1) is 0 Å². The number of nitrogens with one attached hydrogen (secondary N) is 2. The molecule has 2 aliphatic rings. The standard InChI is InChI=1S/C23H22ClF2N5O/c1-14-16(24)3-2-4-17(14)29-20-19(15-5-7-27-8-6-15)18(11-30-12-23(25,26)13-30)31-10-9-28-22(32)21(20)31/h2-8,29H,9-13H2,1H3,(H,28,32). The molecule has 1 amide bonds. The lowest BCUT2D eigenvalue weighted by Gasteiger charge is -2.39. The van der Waals surface area contributed by atoms with Crippen molar-refractivity contribution in [2.75, 3.05) is 25.0 Å². The minimum absolute atomic E-state index is 0.200. The SMILES string of the molecule is Cc1c(Cl)cccc1Nc1c(-c2ccncc2)c(CN2CC(F)(F)C2)n2c1C(=O)NCC2. The maximum absolute atomic E-state index is 13.5. The molecule has 5 rings (SSSR count). The van der Waals surface area contributed by atoms with E-state index in [2.05, 4.69) is 15.6 Å². The lowest BCUT2D eigenvalue weighted by Crippen LogP contribution is -2.55. The second kappa shape index (κ2) is 7.86. The molecule has 2 aromatic heterocycles. The Morgan fingerprint density at radius 1 is 1.22 bits per heavy atom. The maximum atomic E-state index is 13.5. The molecular formula is C23H22ClF2N5O. The molecule has 1 fully saturated rings. The number of hydrogen-bond donors (Lipinski definition) is 2. The van der Waals surface area contributed by atoms with Gasteiger partial charge >= 0.3 is 0 Å². The molecule has 0 bridgehead atoms. The van der Waals surface area contributed by atoms with E-state index in [-0.39, 0.29) is 19.0 Å². The van der Waals surface area contributed by atoms with Crippen LogP contribution in [-0.2, 0) is 13.1 Å². The van der Waals surface area contributed by atoms with E-state index in [1.165, 1.54) is 0 Å². The van der Waals surface area contributed by atoms with Gasteiger partial charge in [-0.05, 0) is 42.3 Å². The van der Waals surface area contributed by atoms with Crippen LogP contribution in [0.2, 0.25) is 5.02 Å². The van der Waals surface area contributed by atoms with Crippen LogP contribution in [0.3, 0.4) is 0 Å². The Balaban J connectivity index is 1.69. The molecule has 1 saturated heterocycles. The van der Waals surface area contributed by atoms with Gasteiger partial charge in [-0.25, -0.2) is 8.78 Å². The van der Waals surface area contributed by atoms with E-state index < -0.39 is 5.92 Å². The molecule has 3 aromatic rings. The van der Waals surface area contributed by atoms with Gasteiger partial charge in [-0.2, -0.15) is 0 Å². The van der Waals surface area contributed by atoms with Crippen LogP contribution < -0.4 is 10.6 Å². The number of carbonyl (C=O) groups is 1. The first-order valence-corrected chi connectivity index (χ1v) is 10.8. The van der Waals surface area contributed by atoms with E-state index >= 15 is 0 Å². The van der Waals surface area contributed by atoms with Crippen molar-refractivity contribution in [1.29, 1.82) is 0 Å². The Morgan fingerprint density at radius 3 is 2.69 bits per heavy atom. The number of anilines is 2. The van der Waals surface area contributed by atoms with E-state index in [0.717, 1.165) is 28.1 Å². The normalized spacial score (nSPS) is 17.4. The van der Waals surface area contributed by atoms with Gasteiger partial charge in [0.05, 0.1) is 18.8 Å². The molecule has 0 aliphatic carbocycles. The number of fused-ring (bicyclic) bond motifs is 1. The number of amides is 1. The second-order valence-electron chi connectivity index (χ2n) is 8.23. The molecule has 6 nitrogen and oxygen atoms in total. The third-order valence-corrected chi connectivity index (χ3v) is 6.40. The molecule has 32 heavy (non-hydrogen) atoms. The third-order valence-electron chi connectivity index (χ3n) is 5.99. The number of alkyl halides is 2. The van der Waals surface area contributed by atoms with Gasteiger partial charge in [0.15, 0.2) is 0 Å². The average molecular weight is 458 g/mol. The minimum Gasteiger partial charge on any atom is -0.353 e. The van der Waals surface area contributed by atoms with Crippen LogP contribution in [0.4, 0.5) is 20.2 Å². The lowest BCUT2D eigenvalue weighted by molar-refractivity contribution is -0.134. The van der Waals surface area contributed by atoms with Crippen LogP contribution in [0.15, 0.2) is 42.7 Å². The van der Waals surface area contributed by atoms with Gasteiger partial charge in [0.2, 0.25) is 0 Å². The predicted octanol–water partition coefficient (Wildman–Crippen LogP) is 4.45. The number of aromatic nitrogens is 2. The van der Waals surface area contributed by atoms with Crippen LogP contribution in [0, 0.1) is 6.92 Å². The van der Waals surface area contributed by atoms with Crippen molar-refractivity contribution in [3.63, 3.8) is 0 Å². The number of carbonyl (C=O) groups excluding carboxylic acids is 1. The Labute approximate surface area is 189 Å². The second-order valence-corrected chi connectivity index (χ2v) is 8.63. The highest BCUT2D eigenvalue weighted by Crippen LogP contribution is 2.42. The molecule has 0 saturated carbocycles. The summed E-state index contributed by atoms with van der Waals surface area (Å²) < 4.78 is 29.0. The molecule has 2 aliphatic heterocycles. The Kier molecular flexibility index (Phi) is 5.14. The largest absolute Gasteiger partial charge is 0.353 e. The summed E-state index contributed by atoms with van der Waals surface area (Å²) in [6.45, 7) is 2.70. The fourth-order valence-corrected chi connectivity index (χ4v) is 4.61. The molecule has 2 N–H and O–H groups in total. The summed E-state index contributed by atoms with van der Waals surface area (Å²) in [5.74, 6) is -2.86. The smallest absolute Gasteiger partial charge is 0.272 e. The van der Waals surface area contributed by atoms with Crippen LogP contribution in [0.25, 0.3) is 11.1 Å². The number of halogens is 3. The molecule has 0 radical (unpaired) electrons. The zero-order chi connectivity index (χ0) is 22.5. The highest BCUT2D eigenvalue weighted by atomic mass is 35.5. The van der Waals surface area contributed by atoms with Crippen molar-refractivity contribution < 1.29 is 13.6 Å². The first kappa shape index (κ1) is 20.9. The van der Waals surface area contributed by atoms with Crippen molar-refractivity contribution in [3.8, 4) is 11.1 Å². The summed E-state index contributed by atoms with van der Waals surface area (Å²) in [5.41, 5.74) is 5.27. The van der Waals surface area contributed by atoms with Crippen LogP contribution in [0.5, 0.6) is 0 Å². The molecular weight excluding hydrogens is 436 g/mol. The van der Waals surface area contributed by atoms with Crippen molar-refractivity contribution in [2.45, 2.75) is 25.9 Å². The number of hydrogen-bond acceptors (Lipinski definition) is 4. The first-order chi connectivity index (χ1) is 15.3. The molecule has 166 valence electrons. The fourth-order valence-electron chi connectivity index (χ4n) is 4.44. The molecule has 9 heteroatoms. The average Bonchev–Trinajstić information content (AvgIpc) is 3.05. The summed E-state index contributed by atoms with van der Waals surface area (Å²) in [4.78, 5) is 18.8. The van der Waals surface area contributed by atoms with Gasteiger partial charge in [0.25, 0.3) is 11.8 Å². The predicted molar refractivity (Wildman–Crippen MR) is 120 cm³/mol. The Hall–Kier alpha value is -2.97. The Bertz CT molecular complexity index is 1190. The lowest BCUT2D eigenvalue weighted by atomic mass is 10.0. The maximum Gasteiger partial charge on any atom is 0.272 e. The van der Waals surface area contributed by atoms with Crippen molar-refractivity contribution in [1.82, 2.24) is 19.8 Å². The zero-order valence-electron chi connectivity index (χ0n) is 17.5. The van der Waals surface area contributed by atoms with E-state index in [4.69, 9.17) is 11.6 Å². The zero-order valence-corrected chi connectivity index (χ0v) is 18.2. The molecule has 1 aromatic carbocycles. The number of rotatable bonds is 5.